The molecule has 1 aliphatic heterocycles. The lowest BCUT2D eigenvalue weighted by molar-refractivity contribution is 0.0697. The number of rotatable bonds is 3. The summed E-state index contributed by atoms with van der Waals surface area (Å²) in [5.41, 5.74) is 5.76. The zero-order chi connectivity index (χ0) is 20.7. The van der Waals surface area contributed by atoms with Crippen LogP contribution in [0.4, 0.5) is 10.1 Å². The number of benzene rings is 3. The minimum Gasteiger partial charge on any atom is -0.478 e. The lowest BCUT2D eigenvalue weighted by Crippen LogP contribution is -2.20. The number of aromatic carboxylic acids is 1. The number of hydrogen-bond acceptors (Lipinski definition) is 4. The molecule has 30 heavy (non-hydrogen) atoms. The van der Waals surface area contributed by atoms with Crippen LogP contribution in [0.2, 0.25) is 0 Å². The van der Waals surface area contributed by atoms with Crippen LogP contribution in [-0.2, 0) is 6.42 Å². The number of carbonyl (C=O) groups is 1. The van der Waals surface area contributed by atoms with Gasteiger partial charge >= 0.3 is 5.97 Å². The summed E-state index contributed by atoms with van der Waals surface area (Å²) in [6.07, 6.45) is 1.72. The van der Waals surface area contributed by atoms with E-state index in [1.165, 1.54) is 23.8 Å². The maximum absolute atomic E-state index is 13.5. The van der Waals surface area contributed by atoms with Crippen molar-refractivity contribution in [2.45, 2.75) is 18.9 Å². The molecule has 1 unspecified atom stereocenters. The summed E-state index contributed by atoms with van der Waals surface area (Å²) in [6, 6.07) is 19.0. The summed E-state index contributed by atoms with van der Waals surface area (Å²) in [4.78, 5) is 21.0. The minimum absolute atomic E-state index is 0.0923. The van der Waals surface area contributed by atoms with E-state index < -0.39 is 5.97 Å². The Labute approximate surface area is 172 Å². The standard InChI is InChI=1S/C24H18FN3O2/c25-17-9-5-15(6-10-17)22-23(20-12-7-14-3-1-2-4-18(14)26-20)28-21-13-16(24(29)30)8-11-19(21)27-22/h1-6,8-11,13,20,26H,7,12H2,(H,29,30). The molecule has 4 aromatic rings. The smallest absolute Gasteiger partial charge is 0.335 e. The van der Waals surface area contributed by atoms with Crippen molar-refractivity contribution in [3.63, 3.8) is 0 Å². The van der Waals surface area contributed by atoms with Gasteiger partial charge in [-0.15, -0.1) is 0 Å². The molecule has 0 amide bonds. The zero-order valence-electron chi connectivity index (χ0n) is 16.0. The van der Waals surface area contributed by atoms with Crippen LogP contribution in [0.15, 0.2) is 66.7 Å². The molecule has 5 nitrogen and oxygen atoms in total. The fraction of sp³-hybridized carbons (Fsp3) is 0.125. The van der Waals surface area contributed by atoms with E-state index in [1.807, 2.05) is 18.2 Å². The molecule has 1 atom stereocenters. The first-order valence-electron chi connectivity index (χ1n) is 9.74. The first-order valence-corrected chi connectivity index (χ1v) is 9.74. The molecular formula is C24H18FN3O2. The second-order valence-electron chi connectivity index (χ2n) is 7.37. The van der Waals surface area contributed by atoms with Gasteiger partial charge in [-0.05, 0) is 66.9 Å². The van der Waals surface area contributed by atoms with Gasteiger partial charge in [-0.1, -0.05) is 18.2 Å². The van der Waals surface area contributed by atoms with Crippen molar-refractivity contribution in [2.24, 2.45) is 0 Å². The molecule has 148 valence electrons. The van der Waals surface area contributed by atoms with Gasteiger partial charge in [0.1, 0.15) is 5.82 Å². The molecule has 2 heterocycles. The van der Waals surface area contributed by atoms with Gasteiger partial charge in [0.2, 0.25) is 0 Å². The number of anilines is 1. The van der Waals surface area contributed by atoms with Crippen LogP contribution >= 0.6 is 0 Å². The lowest BCUT2D eigenvalue weighted by Gasteiger charge is -2.28. The maximum atomic E-state index is 13.5. The van der Waals surface area contributed by atoms with Crippen LogP contribution in [0.3, 0.4) is 0 Å². The van der Waals surface area contributed by atoms with Crippen LogP contribution in [0.1, 0.15) is 34.1 Å². The van der Waals surface area contributed by atoms with Crippen molar-refractivity contribution in [3.8, 4) is 11.3 Å². The molecule has 0 spiro atoms. The highest BCUT2D eigenvalue weighted by molar-refractivity contribution is 5.92. The number of carboxylic acid groups (broad SMARTS) is 1. The van der Waals surface area contributed by atoms with Gasteiger partial charge in [-0.2, -0.15) is 0 Å². The molecule has 5 rings (SSSR count). The third kappa shape index (κ3) is 3.26. The number of para-hydroxylation sites is 1. The molecule has 1 aromatic heterocycles. The summed E-state index contributed by atoms with van der Waals surface area (Å²) in [6.45, 7) is 0. The Hall–Kier alpha value is -3.80. The number of aryl methyl sites for hydroxylation is 1. The van der Waals surface area contributed by atoms with Crippen molar-refractivity contribution in [1.29, 1.82) is 0 Å². The maximum Gasteiger partial charge on any atom is 0.335 e. The number of fused-ring (bicyclic) bond motifs is 2. The third-order valence-corrected chi connectivity index (χ3v) is 5.44. The van der Waals surface area contributed by atoms with E-state index in [4.69, 9.17) is 9.97 Å². The molecule has 0 aliphatic carbocycles. The van der Waals surface area contributed by atoms with Gasteiger partial charge in [0.05, 0.1) is 34.0 Å². The van der Waals surface area contributed by atoms with Crippen LogP contribution in [0.25, 0.3) is 22.3 Å². The quantitative estimate of drug-likeness (QED) is 0.493. The first-order chi connectivity index (χ1) is 14.6. The van der Waals surface area contributed by atoms with E-state index in [-0.39, 0.29) is 17.4 Å². The molecule has 2 N–H and O–H groups in total. The van der Waals surface area contributed by atoms with Gasteiger partial charge < -0.3 is 10.4 Å². The predicted molar refractivity (Wildman–Crippen MR) is 113 cm³/mol. The number of aromatic nitrogens is 2. The number of nitrogens with zero attached hydrogens (tertiary/aromatic N) is 2. The van der Waals surface area contributed by atoms with E-state index in [2.05, 4.69) is 11.4 Å². The highest BCUT2D eigenvalue weighted by Gasteiger charge is 2.25. The van der Waals surface area contributed by atoms with Gasteiger partial charge in [-0.25, -0.2) is 19.2 Å². The zero-order valence-corrected chi connectivity index (χ0v) is 16.0. The Morgan fingerprint density at radius 2 is 1.80 bits per heavy atom. The predicted octanol–water partition coefficient (Wildman–Crippen LogP) is 5.23. The first kappa shape index (κ1) is 18.2. The Kier molecular flexibility index (Phi) is 4.39. The Bertz CT molecular complexity index is 1270. The monoisotopic (exact) mass is 399 g/mol. The van der Waals surface area contributed by atoms with Gasteiger partial charge in [-0.3, -0.25) is 0 Å². The minimum atomic E-state index is -1.01. The third-order valence-electron chi connectivity index (χ3n) is 5.44. The molecule has 0 radical (unpaired) electrons. The molecule has 0 fully saturated rings. The van der Waals surface area contributed by atoms with E-state index >= 15 is 0 Å². The van der Waals surface area contributed by atoms with Gasteiger partial charge in [0.15, 0.2) is 0 Å². The molecule has 0 saturated heterocycles. The molecule has 0 bridgehead atoms. The molecule has 0 saturated carbocycles. The summed E-state index contributed by atoms with van der Waals surface area (Å²) in [5, 5.41) is 12.9. The number of halogens is 1. The Balaban J connectivity index is 1.68. The van der Waals surface area contributed by atoms with Crippen molar-refractivity contribution >= 4 is 22.7 Å². The summed E-state index contributed by atoms with van der Waals surface area (Å²) >= 11 is 0. The van der Waals surface area contributed by atoms with Crippen LogP contribution in [0, 0.1) is 5.82 Å². The second kappa shape index (κ2) is 7.22. The lowest BCUT2D eigenvalue weighted by atomic mass is 9.93. The SMILES string of the molecule is O=C(O)c1ccc2nc(-c3ccc(F)cc3)c(C3CCc4ccccc4N3)nc2c1. The number of hydrogen-bond donors (Lipinski definition) is 2. The van der Waals surface area contributed by atoms with Gasteiger partial charge in [0.25, 0.3) is 0 Å². The number of nitrogens with one attached hydrogen (secondary N) is 1. The van der Waals surface area contributed by atoms with E-state index in [1.54, 1.807) is 24.3 Å². The highest BCUT2D eigenvalue weighted by atomic mass is 19.1. The summed E-state index contributed by atoms with van der Waals surface area (Å²) < 4.78 is 13.5. The van der Waals surface area contributed by atoms with Gasteiger partial charge in [0, 0.05) is 11.3 Å². The van der Waals surface area contributed by atoms with E-state index in [0.717, 1.165) is 29.8 Å². The Morgan fingerprint density at radius 1 is 1.00 bits per heavy atom. The molecule has 1 aliphatic rings. The average molecular weight is 399 g/mol. The molecule has 3 aromatic carbocycles. The van der Waals surface area contributed by atoms with E-state index in [9.17, 15) is 14.3 Å². The molecule has 6 heteroatoms. The van der Waals surface area contributed by atoms with Crippen molar-refractivity contribution < 1.29 is 14.3 Å². The second-order valence-corrected chi connectivity index (χ2v) is 7.37. The van der Waals surface area contributed by atoms with Crippen molar-refractivity contribution in [2.75, 3.05) is 5.32 Å². The van der Waals surface area contributed by atoms with Crippen LogP contribution in [0.5, 0.6) is 0 Å². The fourth-order valence-electron chi connectivity index (χ4n) is 3.91. The Morgan fingerprint density at radius 3 is 2.60 bits per heavy atom. The van der Waals surface area contributed by atoms with Crippen LogP contribution in [-0.4, -0.2) is 21.0 Å². The van der Waals surface area contributed by atoms with Crippen molar-refractivity contribution in [3.05, 3.63) is 89.4 Å². The average Bonchev–Trinajstić information content (AvgIpc) is 2.78. The summed E-state index contributed by atoms with van der Waals surface area (Å²) in [5.74, 6) is -1.32. The van der Waals surface area contributed by atoms with Crippen LogP contribution < -0.4 is 5.32 Å². The largest absolute Gasteiger partial charge is 0.478 e. The number of carboxylic acids is 1. The fourth-order valence-corrected chi connectivity index (χ4v) is 3.91. The van der Waals surface area contributed by atoms with Crippen molar-refractivity contribution in [1.82, 2.24) is 9.97 Å². The normalized spacial score (nSPS) is 15.4. The summed E-state index contributed by atoms with van der Waals surface area (Å²) in [7, 11) is 0. The topological polar surface area (TPSA) is 75.1 Å². The highest BCUT2D eigenvalue weighted by Crippen LogP contribution is 2.36. The van der Waals surface area contributed by atoms with E-state index in [0.29, 0.717) is 16.7 Å². The molecular weight excluding hydrogens is 381 g/mol.